The molecule has 2 aliphatic rings. The molecule has 0 saturated carbocycles. The number of piperazine rings is 1. The lowest BCUT2D eigenvalue weighted by atomic mass is 9.96. The highest BCUT2D eigenvalue weighted by atomic mass is 19.1. The van der Waals surface area contributed by atoms with Crippen LogP contribution in [0.2, 0.25) is 0 Å². The van der Waals surface area contributed by atoms with Crippen LogP contribution in [0, 0.1) is 0 Å². The van der Waals surface area contributed by atoms with Crippen molar-refractivity contribution in [3.63, 3.8) is 0 Å². The number of nitrogens with two attached hydrogens (primary N) is 1. The number of carbonyl (C=O) groups excluding carboxylic acids is 1. The first kappa shape index (κ1) is 26.5. The van der Waals surface area contributed by atoms with Crippen LogP contribution in [0.3, 0.4) is 0 Å². The van der Waals surface area contributed by atoms with Crippen molar-refractivity contribution in [2.75, 3.05) is 36.8 Å². The third-order valence-electron chi connectivity index (χ3n) is 7.79. The molecule has 5 rings (SSSR count). The van der Waals surface area contributed by atoms with Gasteiger partial charge < -0.3 is 10.6 Å². The van der Waals surface area contributed by atoms with Crippen molar-refractivity contribution in [1.29, 1.82) is 0 Å². The molecule has 200 valence electrons. The minimum atomic E-state index is -0.410. The summed E-state index contributed by atoms with van der Waals surface area (Å²) in [4.78, 5) is 27.4. The van der Waals surface area contributed by atoms with Crippen molar-refractivity contribution in [2.45, 2.75) is 33.2 Å². The number of benzene rings is 2. The number of halogens is 1. The van der Waals surface area contributed by atoms with Crippen LogP contribution in [0.1, 0.15) is 48.8 Å². The van der Waals surface area contributed by atoms with Gasteiger partial charge in [-0.25, -0.2) is 14.4 Å². The summed E-state index contributed by atoms with van der Waals surface area (Å²) in [6, 6.07) is 14.8. The Kier molecular flexibility index (Phi) is 7.44. The minimum Gasteiger partial charge on any atom is -0.369 e. The first-order chi connectivity index (χ1) is 18.8. The molecule has 1 saturated heterocycles. The van der Waals surface area contributed by atoms with Gasteiger partial charge in [-0.2, -0.15) is 0 Å². The minimum absolute atomic E-state index is 0.0344. The number of allylic oxidation sites excluding steroid dienone is 5. The van der Waals surface area contributed by atoms with Crippen molar-refractivity contribution in [1.82, 2.24) is 14.9 Å². The van der Waals surface area contributed by atoms with Crippen molar-refractivity contribution < 1.29 is 9.18 Å². The van der Waals surface area contributed by atoms with Crippen LogP contribution in [0.15, 0.2) is 73.1 Å². The number of nitrogens with zero attached hydrogens (tertiary/aromatic N) is 4. The van der Waals surface area contributed by atoms with E-state index in [1.807, 2.05) is 12.1 Å². The second-order valence-electron chi connectivity index (χ2n) is 10.1. The molecule has 0 bridgehead atoms. The Balaban J connectivity index is 1.48. The Labute approximate surface area is 229 Å². The van der Waals surface area contributed by atoms with Gasteiger partial charge >= 0.3 is 0 Å². The van der Waals surface area contributed by atoms with Gasteiger partial charge in [0.2, 0.25) is 5.95 Å². The molecule has 2 heterocycles. The normalized spacial score (nSPS) is 16.5. The van der Waals surface area contributed by atoms with E-state index >= 15 is 0 Å². The number of rotatable bonds is 7. The van der Waals surface area contributed by atoms with Gasteiger partial charge in [0, 0.05) is 49.0 Å². The van der Waals surface area contributed by atoms with Crippen molar-refractivity contribution in [3.8, 4) is 22.4 Å². The van der Waals surface area contributed by atoms with E-state index < -0.39 is 5.83 Å². The monoisotopic (exact) mass is 523 g/mol. The number of fused-ring (bicyclic) bond motifs is 3. The average molecular weight is 524 g/mol. The molecule has 7 heteroatoms. The maximum Gasteiger partial charge on any atom is 0.221 e. The van der Waals surface area contributed by atoms with E-state index in [-0.39, 0.29) is 11.7 Å². The number of aromatic nitrogens is 2. The summed E-state index contributed by atoms with van der Waals surface area (Å²) < 4.78 is 13.7. The Bertz CT molecular complexity index is 1480. The van der Waals surface area contributed by atoms with Crippen molar-refractivity contribution in [2.24, 2.45) is 0 Å². The SMILES string of the molecule is C=C(C=CC(F)=CC)c1nc(N)nc2c1C(=O)c1cccc(-c3ccc(N4CCN(C(C)CC)CC4)cc3)c1-2. The molecule has 1 atom stereocenters. The lowest BCUT2D eigenvalue weighted by Gasteiger charge is -2.39. The number of nitrogen functional groups attached to an aromatic ring is 1. The third kappa shape index (κ3) is 5.02. The van der Waals surface area contributed by atoms with E-state index in [1.165, 1.54) is 30.3 Å². The van der Waals surface area contributed by atoms with E-state index in [4.69, 9.17) is 5.73 Å². The lowest BCUT2D eigenvalue weighted by Crippen LogP contribution is -2.49. The highest BCUT2D eigenvalue weighted by Crippen LogP contribution is 2.44. The van der Waals surface area contributed by atoms with Gasteiger partial charge in [0.25, 0.3) is 0 Å². The van der Waals surface area contributed by atoms with Gasteiger partial charge in [0.15, 0.2) is 5.78 Å². The molecule has 0 radical (unpaired) electrons. The molecule has 2 N–H and O–H groups in total. The number of hydrogen-bond acceptors (Lipinski definition) is 6. The second-order valence-corrected chi connectivity index (χ2v) is 10.1. The smallest absolute Gasteiger partial charge is 0.221 e. The van der Waals surface area contributed by atoms with E-state index in [2.05, 4.69) is 64.5 Å². The molecule has 1 fully saturated rings. The fourth-order valence-corrected chi connectivity index (χ4v) is 5.36. The summed E-state index contributed by atoms with van der Waals surface area (Å²) in [6.07, 6.45) is 5.29. The summed E-state index contributed by atoms with van der Waals surface area (Å²) in [5.41, 5.74) is 12.0. The summed E-state index contributed by atoms with van der Waals surface area (Å²) >= 11 is 0. The average Bonchev–Trinajstić information content (AvgIpc) is 3.26. The van der Waals surface area contributed by atoms with Gasteiger partial charge in [-0.15, -0.1) is 0 Å². The summed E-state index contributed by atoms with van der Waals surface area (Å²) in [5, 5.41) is 0. The summed E-state index contributed by atoms with van der Waals surface area (Å²) in [5.74, 6) is -0.562. The number of ketones is 1. The quantitative estimate of drug-likeness (QED) is 0.287. The van der Waals surface area contributed by atoms with Gasteiger partial charge in [-0.05, 0) is 55.2 Å². The predicted molar refractivity (Wildman–Crippen MR) is 157 cm³/mol. The van der Waals surface area contributed by atoms with Crippen molar-refractivity contribution in [3.05, 3.63) is 89.9 Å². The van der Waals surface area contributed by atoms with Crippen LogP contribution in [-0.2, 0) is 0 Å². The largest absolute Gasteiger partial charge is 0.369 e. The Morgan fingerprint density at radius 3 is 2.41 bits per heavy atom. The van der Waals surface area contributed by atoms with Gasteiger partial charge in [0.05, 0.1) is 17.0 Å². The molecule has 0 spiro atoms. The van der Waals surface area contributed by atoms with Crippen LogP contribution in [-0.4, -0.2) is 52.9 Å². The fourth-order valence-electron chi connectivity index (χ4n) is 5.36. The highest BCUT2D eigenvalue weighted by Gasteiger charge is 2.34. The molecule has 0 amide bonds. The molecule has 1 unspecified atom stereocenters. The first-order valence-corrected chi connectivity index (χ1v) is 13.5. The number of carbonyl (C=O) groups is 1. The standard InChI is InChI=1S/C32H34FN5O/c1-5-21(4)37-16-18-38(19-17-37)24-14-11-22(12-15-24)25-8-7-9-26-27(25)30-28(31(26)39)29(35-32(34)36-30)20(3)10-13-23(33)6-2/h6-15,21H,3,5,16-19H2,1-2,4H3,(H2,34,35,36). The zero-order valence-corrected chi connectivity index (χ0v) is 22.7. The molecule has 6 nitrogen and oxygen atoms in total. The Morgan fingerprint density at radius 2 is 1.74 bits per heavy atom. The molecular formula is C32H34FN5O. The van der Waals surface area contributed by atoms with Crippen molar-refractivity contribution >= 4 is 23.0 Å². The van der Waals surface area contributed by atoms with Crippen LogP contribution in [0.4, 0.5) is 16.0 Å². The van der Waals surface area contributed by atoms with E-state index in [9.17, 15) is 9.18 Å². The maximum absolute atomic E-state index is 13.7. The third-order valence-corrected chi connectivity index (χ3v) is 7.79. The van der Waals surface area contributed by atoms with E-state index in [1.54, 1.807) is 13.0 Å². The molecular weight excluding hydrogens is 489 g/mol. The van der Waals surface area contributed by atoms with E-state index in [0.29, 0.717) is 34.1 Å². The van der Waals surface area contributed by atoms with Crippen LogP contribution in [0.25, 0.3) is 28.0 Å². The molecule has 1 aliphatic carbocycles. The Morgan fingerprint density at radius 1 is 1.05 bits per heavy atom. The summed E-state index contributed by atoms with van der Waals surface area (Å²) in [7, 11) is 0. The topological polar surface area (TPSA) is 75.3 Å². The first-order valence-electron chi connectivity index (χ1n) is 13.5. The second kappa shape index (κ2) is 10.9. The fraction of sp³-hybridized carbons (Fsp3) is 0.281. The van der Waals surface area contributed by atoms with Gasteiger partial charge in [-0.3, -0.25) is 9.69 Å². The van der Waals surface area contributed by atoms with Gasteiger partial charge in [0.1, 0.15) is 5.83 Å². The van der Waals surface area contributed by atoms with Crippen LogP contribution < -0.4 is 10.6 Å². The number of anilines is 2. The maximum atomic E-state index is 13.7. The van der Waals surface area contributed by atoms with Crippen LogP contribution in [0.5, 0.6) is 0 Å². The van der Waals surface area contributed by atoms with E-state index in [0.717, 1.165) is 42.9 Å². The Hall–Kier alpha value is -4.10. The summed E-state index contributed by atoms with van der Waals surface area (Å²) in [6.45, 7) is 14.3. The zero-order valence-electron chi connectivity index (χ0n) is 22.7. The molecule has 3 aromatic rings. The van der Waals surface area contributed by atoms with Crippen LogP contribution >= 0.6 is 0 Å². The zero-order chi connectivity index (χ0) is 27.7. The lowest BCUT2D eigenvalue weighted by molar-refractivity contribution is 0.104. The van der Waals surface area contributed by atoms with Gasteiger partial charge in [-0.1, -0.05) is 56.0 Å². The molecule has 39 heavy (non-hydrogen) atoms. The molecule has 2 aromatic carbocycles. The number of hydrogen-bond donors (Lipinski definition) is 1. The molecule has 1 aliphatic heterocycles. The predicted octanol–water partition coefficient (Wildman–Crippen LogP) is 6.30. The highest BCUT2D eigenvalue weighted by molar-refractivity contribution is 6.24. The molecule has 1 aromatic heterocycles.